The second kappa shape index (κ2) is 7.47. The van der Waals surface area contributed by atoms with E-state index in [0.29, 0.717) is 37.4 Å². The van der Waals surface area contributed by atoms with Gasteiger partial charge in [-0.05, 0) is 37.8 Å². The van der Waals surface area contributed by atoms with E-state index in [-0.39, 0.29) is 5.91 Å². The van der Waals surface area contributed by atoms with Crippen LogP contribution in [-0.2, 0) is 31.7 Å². The minimum atomic E-state index is -3.55. The monoisotopic (exact) mass is 430 g/mol. The number of hydrogen-bond donors (Lipinski definition) is 0. The lowest BCUT2D eigenvalue weighted by atomic mass is 9.89. The van der Waals surface area contributed by atoms with Crippen LogP contribution in [0.25, 0.3) is 0 Å². The Morgan fingerprint density at radius 3 is 2.47 bits per heavy atom. The third kappa shape index (κ3) is 3.25. The van der Waals surface area contributed by atoms with Crippen molar-refractivity contribution in [1.29, 1.82) is 0 Å². The number of nitrogens with zero attached hydrogens (tertiary/aromatic N) is 4. The van der Waals surface area contributed by atoms with Crippen molar-refractivity contribution in [1.82, 2.24) is 18.8 Å². The van der Waals surface area contributed by atoms with Gasteiger partial charge in [0.05, 0.1) is 11.4 Å². The second-order valence-electron chi connectivity index (χ2n) is 8.25. The molecule has 0 bridgehead atoms. The molecule has 30 heavy (non-hydrogen) atoms. The normalized spacial score (nSPS) is 24.1. The van der Waals surface area contributed by atoms with E-state index in [1.54, 1.807) is 36.5 Å². The van der Waals surface area contributed by atoms with Crippen LogP contribution < -0.4 is 0 Å². The molecule has 160 valence electrons. The number of aromatic nitrogens is 2. The van der Waals surface area contributed by atoms with Crippen molar-refractivity contribution in [3.8, 4) is 0 Å². The van der Waals surface area contributed by atoms with Crippen molar-refractivity contribution in [2.75, 3.05) is 26.2 Å². The first-order valence-electron chi connectivity index (χ1n) is 10.5. The van der Waals surface area contributed by atoms with Crippen molar-refractivity contribution in [3.05, 3.63) is 48.5 Å². The maximum absolute atomic E-state index is 13.0. The largest absolute Gasteiger partial charge is 0.352 e. The number of fused-ring (bicyclic) bond motifs is 2. The lowest BCUT2D eigenvalue weighted by molar-refractivity contribution is -0.178. The molecule has 2 aromatic rings. The predicted molar refractivity (Wildman–Crippen MR) is 109 cm³/mol. The van der Waals surface area contributed by atoms with Gasteiger partial charge in [-0.1, -0.05) is 18.2 Å². The lowest BCUT2D eigenvalue weighted by Gasteiger charge is -2.45. The van der Waals surface area contributed by atoms with Gasteiger partial charge in [0.1, 0.15) is 11.4 Å². The van der Waals surface area contributed by atoms with Crippen LogP contribution in [0.1, 0.15) is 31.5 Å². The number of sulfonamides is 1. The highest BCUT2D eigenvalue weighted by atomic mass is 32.2. The summed E-state index contributed by atoms with van der Waals surface area (Å²) in [5.74, 6) is 0.829. The van der Waals surface area contributed by atoms with Crippen LogP contribution in [0, 0.1) is 0 Å². The van der Waals surface area contributed by atoms with Crippen LogP contribution >= 0.6 is 0 Å². The summed E-state index contributed by atoms with van der Waals surface area (Å²) in [6, 6.07) is 8.50. The Hall–Kier alpha value is -2.23. The molecule has 0 aliphatic carbocycles. The number of carbonyl (C=O) groups is 1. The van der Waals surface area contributed by atoms with Gasteiger partial charge in [0.15, 0.2) is 6.10 Å². The van der Waals surface area contributed by atoms with Crippen molar-refractivity contribution < 1.29 is 17.9 Å². The van der Waals surface area contributed by atoms with Crippen LogP contribution in [0.2, 0.25) is 0 Å². The van der Waals surface area contributed by atoms with E-state index in [4.69, 9.17) is 4.74 Å². The van der Waals surface area contributed by atoms with Gasteiger partial charge >= 0.3 is 0 Å². The topological polar surface area (TPSA) is 84.7 Å². The maximum Gasteiger partial charge on any atom is 0.253 e. The van der Waals surface area contributed by atoms with Gasteiger partial charge in [0.2, 0.25) is 10.0 Å². The summed E-state index contributed by atoms with van der Waals surface area (Å²) in [5.41, 5.74) is -0.732. The van der Waals surface area contributed by atoms with E-state index >= 15 is 0 Å². The van der Waals surface area contributed by atoms with Crippen LogP contribution in [0.4, 0.5) is 0 Å². The summed E-state index contributed by atoms with van der Waals surface area (Å²) in [7, 11) is -3.55. The molecule has 1 spiro atoms. The van der Waals surface area contributed by atoms with Crippen molar-refractivity contribution >= 4 is 15.9 Å². The molecule has 0 N–H and O–H groups in total. The number of benzene rings is 1. The number of hydrogen-bond acceptors (Lipinski definition) is 5. The van der Waals surface area contributed by atoms with E-state index in [2.05, 4.69) is 4.98 Å². The third-order valence-corrected chi connectivity index (χ3v) is 8.37. The highest BCUT2D eigenvalue weighted by Crippen LogP contribution is 2.41. The van der Waals surface area contributed by atoms with Gasteiger partial charge in [-0.2, -0.15) is 4.31 Å². The lowest BCUT2D eigenvalue weighted by Crippen LogP contribution is -2.55. The first kappa shape index (κ1) is 19.7. The minimum absolute atomic E-state index is 0.0329. The summed E-state index contributed by atoms with van der Waals surface area (Å²) in [4.78, 5) is 19.7. The molecule has 9 heteroatoms. The van der Waals surface area contributed by atoms with Gasteiger partial charge in [0.25, 0.3) is 5.91 Å². The van der Waals surface area contributed by atoms with Crippen LogP contribution in [0.5, 0.6) is 0 Å². The summed E-state index contributed by atoms with van der Waals surface area (Å²) in [6.45, 7) is 2.68. The zero-order valence-electron chi connectivity index (χ0n) is 16.8. The van der Waals surface area contributed by atoms with Crippen LogP contribution in [0.15, 0.2) is 47.6 Å². The molecule has 1 amide bonds. The molecule has 8 nitrogen and oxygen atoms in total. The smallest absolute Gasteiger partial charge is 0.253 e. The summed E-state index contributed by atoms with van der Waals surface area (Å²) in [5, 5.41) is 0. The number of carbonyl (C=O) groups excluding carboxylic acids is 1. The van der Waals surface area contributed by atoms with Crippen molar-refractivity contribution in [2.45, 2.75) is 48.8 Å². The zero-order chi connectivity index (χ0) is 20.8. The standard InChI is InChI=1S/C21H26N4O4S/c26-19(23-11-4-5-12-23)18-16-24-15-10-22-20(24)21(29-18)8-13-25(14-9-21)30(27,28)17-6-2-1-3-7-17/h1-3,6-7,10,15,18H,4-5,8-9,11-14,16H2/t18-/m0/s1. The van der Waals surface area contributed by atoms with E-state index in [1.807, 2.05) is 15.7 Å². The first-order valence-corrected chi connectivity index (χ1v) is 12.0. The molecule has 1 aromatic carbocycles. The fraction of sp³-hybridized carbons (Fsp3) is 0.524. The van der Waals surface area contributed by atoms with E-state index < -0.39 is 21.7 Å². The molecule has 4 heterocycles. The number of piperidine rings is 1. The molecule has 3 aliphatic heterocycles. The Morgan fingerprint density at radius 2 is 1.77 bits per heavy atom. The van der Waals surface area contributed by atoms with Gasteiger partial charge in [-0.15, -0.1) is 0 Å². The Kier molecular flexibility index (Phi) is 4.91. The molecular weight excluding hydrogens is 404 g/mol. The average molecular weight is 431 g/mol. The molecule has 0 radical (unpaired) electrons. The van der Waals surface area contributed by atoms with Gasteiger partial charge in [-0.25, -0.2) is 13.4 Å². The van der Waals surface area contributed by atoms with E-state index in [0.717, 1.165) is 31.8 Å². The number of amides is 1. The Labute approximate surface area is 176 Å². The third-order valence-electron chi connectivity index (χ3n) is 6.46. The van der Waals surface area contributed by atoms with E-state index in [1.165, 1.54) is 4.31 Å². The number of likely N-dealkylation sites (tertiary alicyclic amines) is 1. The molecule has 1 atom stereocenters. The molecule has 0 unspecified atom stereocenters. The molecule has 3 aliphatic rings. The summed E-state index contributed by atoms with van der Waals surface area (Å²) < 4.78 is 36.0. The average Bonchev–Trinajstić information content (AvgIpc) is 3.47. The SMILES string of the molecule is O=C([C@@H]1Cn2ccnc2C2(CCN(S(=O)(=O)c3ccccc3)CC2)O1)N1CCCC1. The van der Waals surface area contributed by atoms with Crippen LogP contribution in [-0.4, -0.2) is 65.4 Å². The molecule has 2 fully saturated rings. The number of imidazole rings is 1. The maximum atomic E-state index is 13.0. The summed E-state index contributed by atoms with van der Waals surface area (Å²) >= 11 is 0. The Bertz CT molecular complexity index is 1020. The highest BCUT2D eigenvalue weighted by Gasteiger charge is 2.49. The van der Waals surface area contributed by atoms with Crippen molar-refractivity contribution in [2.24, 2.45) is 0 Å². The zero-order valence-corrected chi connectivity index (χ0v) is 17.6. The highest BCUT2D eigenvalue weighted by molar-refractivity contribution is 7.89. The number of rotatable bonds is 3. The van der Waals surface area contributed by atoms with Gasteiger partial charge in [-0.3, -0.25) is 4.79 Å². The predicted octanol–water partition coefficient (Wildman–Crippen LogP) is 1.58. The quantitative estimate of drug-likeness (QED) is 0.738. The molecule has 1 aromatic heterocycles. The van der Waals surface area contributed by atoms with Gasteiger partial charge in [0, 0.05) is 38.6 Å². The van der Waals surface area contributed by atoms with Crippen LogP contribution in [0.3, 0.4) is 0 Å². The van der Waals surface area contributed by atoms with Crippen molar-refractivity contribution in [3.63, 3.8) is 0 Å². The fourth-order valence-corrected chi connectivity index (χ4v) is 6.30. The fourth-order valence-electron chi connectivity index (χ4n) is 4.84. The minimum Gasteiger partial charge on any atom is -0.352 e. The molecule has 5 rings (SSSR count). The molecular formula is C21H26N4O4S. The molecule has 0 saturated carbocycles. The molecule has 2 saturated heterocycles. The first-order chi connectivity index (χ1) is 14.5. The summed E-state index contributed by atoms with van der Waals surface area (Å²) in [6.07, 6.45) is 6.08. The number of ether oxygens (including phenoxy) is 1. The van der Waals surface area contributed by atoms with E-state index in [9.17, 15) is 13.2 Å². The second-order valence-corrected chi connectivity index (χ2v) is 10.2. The Morgan fingerprint density at radius 1 is 1.07 bits per heavy atom. The van der Waals surface area contributed by atoms with Gasteiger partial charge < -0.3 is 14.2 Å². The Balaban J connectivity index is 1.38.